The number of ether oxygens (including phenoxy) is 1. The molecule has 0 aliphatic rings. The van der Waals surface area contributed by atoms with Gasteiger partial charge in [0.15, 0.2) is 6.10 Å². The summed E-state index contributed by atoms with van der Waals surface area (Å²) in [5.41, 5.74) is 1.03. The second-order valence-corrected chi connectivity index (χ2v) is 5.82. The molecule has 0 spiro atoms. The summed E-state index contributed by atoms with van der Waals surface area (Å²) >= 11 is 11.9. The smallest absolute Gasteiger partial charge is 0.261 e. The van der Waals surface area contributed by atoms with Gasteiger partial charge in [0.05, 0.1) is 11.1 Å². The molecule has 1 amide bonds. The third kappa shape index (κ3) is 4.39. The van der Waals surface area contributed by atoms with E-state index in [9.17, 15) is 4.79 Å². The molecular weight excluding hydrogens is 321 g/mol. The SMILES string of the molecule is C[C@H](NC(=O)[C@@H](C)Oc1ccc(Cl)cc1Cl)c1ccccc1. The fraction of sp³-hybridized carbons (Fsp3) is 0.235. The molecule has 2 atom stereocenters. The van der Waals surface area contributed by atoms with Crippen LogP contribution >= 0.6 is 23.2 Å². The number of amides is 1. The van der Waals surface area contributed by atoms with Gasteiger partial charge in [-0.15, -0.1) is 0 Å². The molecule has 2 aromatic carbocycles. The first-order valence-electron chi connectivity index (χ1n) is 6.94. The molecule has 0 fully saturated rings. The molecule has 3 nitrogen and oxygen atoms in total. The van der Waals surface area contributed by atoms with Gasteiger partial charge in [-0.3, -0.25) is 4.79 Å². The standard InChI is InChI=1S/C17H17Cl2NO2/c1-11(13-6-4-3-5-7-13)20-17(21)12(2)22-16-9-8-14(18)10-15(16)19/h3-12H,1-2H3,(H,20,21)/t11-,12+/m0/s1. The van der Waals surface area contributed by atoms with Crippen LogP contribution < -0.4 is 10.1 Å². The Labute approximate surface area is 140 Å². The molecule has 116 valence electrons. The van der Waals surface area contributed by atoms with E-state index in [1.54, 1.807) is 25.1 Å². The van der Waals surface area contributed by atoms with Crippen molar-refractivity contribution in [1.82, 2.24) is 5.32 Å². The fourth-order valence-corrected chi connectivity index (χ4v) is 2.42. The second kappa shape index (κ2) is 7.52. The van der Waals surface area contributed by atoms with Crippen LogP contribution in [0, 0.1) is 0 Å². The van der Waals surface area contributed by atoms with E-state index in [0.717, 1.165) is 5.56 Å². The average Bonchev–Trinajstić information content (AvgIpc) is 2.50. The van der Waals surface area contributed by atoms with E-state index >= 15 is 0 Å². The Morgan fingerprint density at radius 3 is 2.41 bits per heavy atom. The molecule has 0 heterocycles. The Bertz CT molecular complexity index is 646. The molecule has 0 aliphatic heterocycles. The van der Waals surface area contributed by atoms with Gasteiger partial charge in [-0.2, -0.15) is 0 Å². The molecule has 2 rings (SSSR count). The van der Waals surface area contributed by atoms with Crippen molar-refractivity contribution < 1.29 is 9.53 Å². The molecule has 0 bridgehead atoms. The predicted octanol–water partition coefficient (Wildman–Crippen LogP) is 4.64. The fourth-order valence-electron chi connectivity index (χ4n) is 1.97. The van der Waals surface area contributed by atoms with Gasteiger partial charge < -0.3 is 10.1 Å². The summed E-state index contributed by atoms with van der Waals surface area (Å²) in [5.74, 6) is 0.225. The minimum atomic E-state index is -0.662. The maximum atomic E-state index is 12.2. The van der Waals surface area contributed by atoms with Crippen LogP contribution in [0.1, 0.15) is 25.5 Å². The van der Waals surface area contributed by atoms with Gasteiger partial charge in [-0.1, -0.05) is 53.5 Å². The predicted molar refractivity (Wildman–Crippen MR) is 89.6 cm³/mol. The van der Waals surface area contributed by atoms with E-state index in [1.165, 1.54) is 0 Å². The van der Waals surface area contributed by atoms with E-state index in [-0.39, 0.29) is 11.9 Å². The molecule has 2 aromatic rings. The van der Waals surface area contributed by atoms with Crippen LogP contribution in [0.4, 0.5) is 0 Å². The van der Waals surface area contributed by atoms with Crippen molar-refractivity contribution in [2.75, 3.05) is 0 Å². The molecule has 5 heteroatoms. The zero-order valence-electron chi connectivity index (χ0n) is 12.3. The van der Waals surface area contributed by atoms with Crippen LogP contribution in [0.3, 0.4) is 0 Å². The third-order valence-electron chi connectivity index (χ3n) is 3.23. The number of carbonyl (C=O) groups excluding carboxylic acids is 1. The summed E-state index contributed by atoms with van der Waals surface area (Å²) in [6.07, 6.45) is -0.662. The Hall–Kier alpha value is -1.71. The van der Waals surface area contributed by atoms with Crippen LogP contribution in [-0.4, -0.2) is 12.0 Å². The number of nitrogens with one attached hydrogen (secondary N) is 1. The highest BCUT2D eigenvalue weighted by atomic mass is 35.5. The van der Waals surface area contributed by atoms with Gasteiger partial charge >= 0.3 is 0 Å². The lowest BCUT2D eigenvalue weighted by atomic mass is 10.1. The van der Waals surface area contributed by atoms with Crippen LogP contribution in [-0.2, 0) is 4.79 Å². The Morgan fingerprint density at radius 1 is 1.09 bits per heavy atom. The summed E-state index contributed by atoms with van der Waals surface area (Å²) < 4.78 is 5.60. The summed E-state index contributed by atoms with van der Waals surface area (Å²) in [5, 5.41) is 3.81. The van der Waals surface area contributed by atoms with E-state index in [1.807, 2.05) is 37.3 Å². The first-order valence-corrected chi connectivity index (χ1v) is 7.70. The van der Waals surface area contributed by atoms with Crippen molar-refractivity contribution in [3.05, 3.63) is 64.1 Å². The number of carbonyl (C=O) groups is 1. The molecular formula is C17H17Cl2NO2. The van der Waals surface area contributed by atoms with E-state index < -0.39 is 6.10 Å². The lowest BCUT2D eigenvalue weighted by Gasteiger charge is -2.19. The maximum absolute atomic E-state index is 12.2. The molecule has 22 heavy (non-hydrogen) atoms. The molecule has 1 N–H and O–H groups in total. The number of hydrogen-bond donors (Lipinski definition) is 1. The van der Waals surface area contributed by atoms with Gasteiger partial charge in [0.2, 0.25) is 0 Å². The van der Waals surface area contributed by atoms with E-state index in [0.29, 0.717) is 15.8 Å². The first-order chi connectivity index (χ1) is 10.5. The molecule has 0 radical (unpaired) electrons. The highest BCUT2D eigenvalue weighted by Gasteiger charge is 2.18. The van der Waals surface area contributed by atoms with Gasteiger partial charge in [0, 0.05) is 5.02 Å². The number of halogens is 2. The number of hydrogen-bond acceptors (Lipinski definition) is 2. The first kappa shape index (κ1) is 16.7. The van der Waals surface area contributed by atoms with Crippen LogP contribution in [0.25, 0.3) is 0 Å². The monoisotopic (exact) mass is 337 g/mol. The average molecular weight is 338 g/mol. The second-order valence-electron chi connectivity index (χ2n) is 4.98. The van der Waals surface area contributed by atoms with Crippen LogP contribution in [0.5, 0.6) is 5.75 Å². The maximum Gasteiger partial charge on any atom is 0.261 e. The van der Waals surface area contributed by atoms with Crippen molar-refractivity contribution in [2.24, 2.45) is 0 Å². The zero-order valence-corrected chi connectivity index (χ0v) is 13.9. The van der Waals surface area contributed by atoms with Gasteiger partial charge in [-0.05, 0) is 37.6 Å². The zero-order chi connectivity index (χ0) is 16.1. The quantitative estimate of drug-likeness (QED) is 0.863. The normalized spacial score (nSPS) is 13.3. The van der Waals surface area contributed by atoms with E-state index in [2.05, 4.69) is 5.32 Å². The minimum Gasteiger partial charge on any atom is -0.479 e. The van der Waals surface area contributed by atoms with Crippen LogP contribution in [0.15, 0.2) is 48.5 Å². The largest absolute Gasteiger partial charge is 0.479 e. The highest BCUT2D eigenvalue weighted by molar-refractivity contribution is 6.35. The summed E-state index contributed by atoms with van der Waals surface area (Å²) in [6.45, 7) is 3.60. The van der Waals surface area contributed by atoms with Crippen molar-refractivity contribution in [1.29, 1.82) is 0 Å². The van der Waals surface area contributed by atoms with E-state index in [4.69, 9.17) is 27.9 Å². The van der Waals surface area contributed by atoms with Crippen molar-refractivity contribution in [3.63, 3.8) is 0 Å². The molecule has 0 aromatic heterocycles. The topological polar surface area (TPSA) is 38.3 Å². The summed E-state index contributed by atoms with van der Waals surface area (Å²) in [6, 6.07) is 14.5. The Morgan fingerprint density at radius 2 is 1.77 bits per heavy atom. The van der Waals surface area contributed by atoms with Gasteiger partial charge in [-0.25, -0.2) is 0 Å². The number of benzene rings is 2. The molecule has 0 unspecified atom stereocenters. The lowest BCUT2D eigenvalue weighted by Crippen LogP contribution is -2.37. The van der Waals surface area contributed by atoms with Crippen molar-refractivity contribution >= 4 is 29.1 Å². The van der Waals surface area contributed by atoms with Gasteiger partial charge in [0.1, 0.15) is 5.75 Å². The van der Waals surface area contributed by atoms with Crippen LogP contribution in [0.2, 0.25) is 10.0 Å². The Kier molecular flexibility index (Phi) is 5.69. The molecule has 0 saturated carbocycles. The highest BCUT2D eigenvalue weighted by Crippen LogP contribution is 2.28. The Balaban J connectivity index is 1.97. The summed E-state index contributed by atoms with van der Waals surface area (Å²) in [4.78, 5) is 12.2. The number of rotatable bonds is 5. The summed E-state index contributed by atoms with van der Waals surface area (Å²) in [7, 11) is 0. The molecule has 0 aliphatic carbocycles. The van der Waals surface area contributed by atoms with Gasteiger partial charge in [0.25, 0.3) is 5.91 Å². The van der Waals surface area contributed by atoms with Crippen molar-refractivity contribution in [3.8, 4) is 5.75 Å². The lowest BCUT2D eigenvalue weighted by molar-refractivity contribution is -0.127. The minimum absolute atomic E-state index is 0.0968. The van der Waals surface area contributed by atoms with Crippen molar-refractivity contribution in [2.45, 2.75) is 26.0 Å². The molecule has 0 saturated heterocycles. The third-order valence-corrected chi connectivity index (χ3v) is 3.76.